The van der Waals surface area contributed by atoms with Crippen LogP contribution in [-0.2, 0) is 0 Å². The molecule has 1 aromatic heterocycles. The van der Waals surface area contributed by atoms with Crippen LogP contribution in [0.15, 0.2) is 54.6 Å². The molecule has 0 aliphatic heterocycles. The van der Waals surface area contributed by atoms with Gasteiger partial charge in [0.05, 0.1) is 18.8 Å². The molecule has 0 radical (unpaired) electrons. The van der Waals surface area contributed by atoms with Crippen molar-refractivity contribution in [2.75, 3.05) is 7.11 Å². The lowest BCUT2D eigenvalue weighted by atomic mass is 10.1. The molecule has 0 saturated carbocycles. The van der Waals surface area contributed by atoms with Crippen molar-refractivity contribution >= 4 is 17.5 Å². The number of benzene rings is 2. The standard InChI is InChI=1S/C19H18ClN3O2/c1-12(13-6-8-16(25-2)9-7-13)21-19(24)18-11-17(22-23-18)14-4-3-5-15(20)10-14/h3-12H,1-2H3,(H,21,24)(H,22,23)/t12-/m0/s1. The zero-order valence-corrected chi connectivity index (χ0v) is 14.7. The van der Waals surface area contributed by atoms with Crippen LogP contribution >= 0.6 is 11.6 Å². The van der Waals surface area contributed by atoms with Crippen molar-refractivity contribution in [1.82, 2.24) is 15.5 Å². The molecule has 0 fully saturated rings. The molecule has 5 nitrogen and oxygen atoms in total. The summed E-state index contributed by atoms with van der Waals surface area (Å²) in [6.45, 7) is 1.92. The molecule has 25 heavy (non-hydrogen) atoms. The third kappa shape index (κ3) is 4.00. The van der Waals surface area contributed by atoms with Gasteiger partial charge in [0, 0.05) is 10.6 Å². The third-order valence-electron chi connectivity index (χ3n) is 3.91. The van der Waals surface area contributed by atoms with E-state index in [2.05, 4.69) is 15.5 Å². The number of aromatic amines is 1. The van der Waals surface area contributed by atoms with Gasteiger partial charge in [-0.05, 0) is 42.8 Å². The van der Waals surface area contributed by atoms with Gasteiger partial charge in [0.2, 0.25) is 0 Å². The number of halogens is 1. The van der Waals surface area contributed by atoms with Gasteiger partial charge < -0.3 is 10.1 Å². The number of nitrogens with zero attached hydrogens (tertiary/aromatic N) is 1. The van der Waals surface area contributed by atoms with Gasteiger partial charge in [0.15, 0.2) is 0 Å². The van der Waals surface area contributed by atoms with Gasteiger partial charge in [0.1, 0.15) is 11.4 Å². The molecule has 2 N–H and O–H groups in total. The summed E-state index contributed by atoms with van der Waals surface area (Å²) < 4.78 is 5.14. The fourth-order valence-electron chi connectivity index (χ4n) is 2.48. The molecule has 2 aromatic carbocycles. The minimum atomic E-state index is -0.218. The SMILES string of the molecule is COc1ccc([C@H](C)NC(=O)c2cc(-c3cccc(Cl)c3)n[nH]2)cc1. The van der Waals surface area contributed by atoms with Crippen LogP contribution in [0.1, 0.15) is 29.0 Å². The fourth-order valence-corrected chi connectivity index (χ4v) is 2.67. The maximum atomic E-state index is 12.4. The molecule has 0 bridgehead atoms. The molecule has 0 aliphatic carbocycles. The molecular formula is C19H18ClN3O2. The first-order chi connectivity index (χ1) is 12.1. The van der Waals surface area contributed by atoms with E-state index in [1.807, 2.05) is 43.3 Å². The highest BCUT2D eigenvalue weighted by Crippen LogP contribution is 2.22. The number of hydrogen-bond donors (Lipinski definition) is 2. The summed E-state index contributed by atoms with van der Waals surface area (Å²) in [5, 5.41) is 10.5. The number of ether oxygens (including phenoxy) is 1. The van der Waals surface area contributed by atoms with Crippen LogP contribution in [0.4, 0.5) is 0 Å². The molecule has 1 heterocycles. The summed E-state index contributed by atoms with van der Waals surface area (Å²) in [7, 11) is 1.62. The van der Waals surface area contributed by atoms with E-state index in [1.165, 1.54) is 0 Å². The van der Waals surface area contributed by atoms with Gasteiger partial charge >= 0.3 is 0 Å². The normalized spacial score (nSPS) is 11.8. The minimum Gasteiger partial charge on any atom is -0.497 e. The topological polar surface area (TPSA) is 67.0 Å². The third-order valence-corrected chi connectivity index (χ3v) is 4.14. The van der Waals surface area contributed by atoms with Crippen LogP contribution < -0.4 is 10.1 Å². The van der Waals surface area contributed by atoms with Crippen molar-refractivity contribution in [1.29, 1.82) is 0 Å². The quantitative estimate of drug-likeness (QED) is 0.719. The monoisotopic (exact) mass is 355 g/mol. The van der Waals surface area contributed by atoms with Crippen LogP contribution in [0.25, 0.3) is 11.3 Å². The van der Waals surface area contributed by atoms with Gasteiger partial charge in [-0.25, -0.2) is 0 Å². The maximum absolute atomic E-state index is 12.4. The van der Waals surface area contributed by atoms with Crippen LogP contribution in [0, 0.1) is 0 Å². The Kier molecular flexibility index (Phi) is 5.05. The predicted molar refractivity (Wildman–Crippen MR) is 97.9 cm³/mol. The average Bonchev–Trinajstić information content (AvgIpc) is 3.12. The molecule has 3 aromatic rings. The van der Waals surface area contributed by atoms with Gasteiger partial charge in [0.25, 0.3) is 5.91 Å². The molecule has 1 atom stereocenters. The summed E-state index contributed by atoms with van der Waals surface area (Å²) in [6, 6.07) is 16.5. The van der Waals surface area contributed by atoms with Crippen molar-refractivity contribution in [3.8, 4) is 17.0 Å². The lowest BCUT2D eigenvalue weighted by Crippen LogP contribution is -2.26. The smallest absolute Gasteiger partial charge is 0.269 e. The van der Waals surface area contributed by atoms with Gasteiger partial charge in [-0.3, -0.25) is 9.89 Å². The number of nitrogens with one attached hydrogen (secondary N) is 2. The predicted octanol–water partition coefficient (Wildman–Crippen LogP) is 4.23. The van der Waals surface area contributed by atoms with Crippen LogP contribution in [-0.4, -0.2) is 23.2 Å². The second-order valence-corrected chi connectivity index (χ2v) is 6.08. The zero-order chi connectivity index (χ0) is 17.8. The van der Waals surface area contributed by atoms with Crippen molar-refractivity contribution < 1.29 is 9.53 Å². The van der Waals surface area contributed by atoms with Crippen molar-refractivity contribution in [2.24, 2.45) is 0 Å². The zero-order valence-electron chi connectivity index (χ0n) is 13.9. The summed E-state index contributed by atoms with van der Waals surface area (Å²) in [5.41, 5.74) is 2.91. The van der Waals surface area contributed by atoms with Gasteiger partial charge in [-0.1, -0.05) is 35.9 Å². The van der Waals surface area contributed by atoms with Gasteiger partial charge in [-0.2, -0.15) is 5.10 Å². The molecular weight excluding hydrogens is 338 g/mol. The highest BCUT2D eigenvalue weighted by Gasteiger charge is 2.15. The maximum Gasteiger partial charge on any atom is 0.269 e. The number of carbonyl (C=O) groups excluding carboxylic acids is 1. The average molecular weight is 356 g/mol. The van der Waals surface area contributed by atoms with Crippen molar-refractivity contribution in [3.63, 3.8) is 0 Å². The number of aromatic nitrogens is 2. The lowest BCUT2D eigenvalue weighted by Gasteiger charge is -2.14. The fraction of sp³-hybridized carbons (Fsp3) is 0.158. The number of carbonyl (C=O) groups is 1. The van der Waals surface area contributed by atoms with E-state index >= 15 is 0 Å². The lowest BCUT2D eigenvalue weighted by molar-refractivity contribution is 0.0935. The molecule has 0 spiro atoms. The van der Waals surface area contributed by atoms with E-state index in [0.29, 0.717) is 16.4 Å². The molecule has 0 unspecified atom stereocenters. The molecule has 6 heteroatoms. The van der Waals surface area contributed by atoms with E-state index in [0.717, 1.165) is 16.9 Å². The largest absolute Gasteiger partial charge is 0.497 e. The first-order valence-electron chi connectivity index (χ1n) is 7.83. The summed E-state index contributed by atoms with van der Waals surface area (Å²) in [5.74, 6) is 0.561. The highest BCUT2D eigenvalue weighted by atomic mass is 35.5. The van der Waals surface area contributed by atoms with Crippen LogP contribution in [0.3, 0.4) is 0 Å². The first-order valence-corrected chi connectivity index (χ1v) is 8.21. The molecule has 1 amide bonds. The Bertz CT molecular complexity index is 874. The van der Waals surface area contributed by atoms with E-state index in [1.54, 1.807) is 25.3 Å². The molecule has 3 rings (SSSR count). The number of methoxy groups -OCH3 is 1. The van der Waals surface area contributed by atoms with E-state index in [-0.39, 0.29) is 11.9 Å². The van der Waals surface area contributed by atoms with Crippen LogP contribution in [0.2, 0.25) is 5.02 Å². The Morgan fingerprint density at radius 1 is 1.20 bits per heavy atom. The highest BCUT2D eigenvalue weighted by molar-refractivity contribution is 6.30. The van der Waals surface area contributed by atoms with Crippen molar-refractivity contribution in [2.45, 2.75) is 13.0 Å². The van der Waals surface area contributed by atoms with E-state index in [9.17, 15) is 4.79 Å². The molecule has 0 aliphatic rings. The second-order valence-electron chi connectivity index (χ2n) is 5.65. The Balaban J connectivity index is 1.70. The summed E-state index contributed by atoms with van der Waals surface area (Å²) in [6.07, 6.45) is 0. The molecule has 128 valence electrons. The number of hydrogen-bond acceptors (Lipinski definition) is 3. The number of H-pyrrole nitrogens is 1. The Morgan fingerprint density at radius 2 is 1.96 bits per heavy atom. The van der Waals surface area contributed by atoms with Crippen LogP contribution in [0.5, 0.6) is 5.75 Å². The van der Waals surface area contributed by atoms with Crippen molar-refractivity contribution in [3.05, 3.63) is 70.9 Å². The van der Waals surface area contributed by atoms with E-state index in [4.69, 9.17) is 16.3 Å². The number of amides is 1. The summed E-state index contributed by atoms with van der Waals surface area (Å²) in [4.78, 5) is 12.4. The van der Waals surface area contributed by atoms with Gasteiger partial charge in [-0.15, -0.1) is 0 Å². The second kappa shape index (κ2) is 7.40. The van der Waals surface area contributed by atoms with E-state index < -0.39 is 0 Å². The molecule has 0 saturated heterocycles. The minimum absolute atomic E-state index is 0.142. The number of rotatable bonds is 5. The Hall–Kier alpha value is -2.79. The summed E-state index contributed by atoms with van der Waals surface area (Å²) >= 11 is 6.00. The Morgan fingerprint density at radius 3 is 2.64 bits per heavy atom. The first kappa shape index (κ1) is 17.0. The Labute approximate surface area is 151 Å².